The molecule has 5 heteroatoms. The van der Waals surface area contributed by atoms with Crippen LogP contribution in [0.5, 0.6) is 0 Å². The molecular formula is C14H18N2O3. The van der Waals surface area contributed by atoms with Crippen molar-refractivity contribution in [2.24, 2.45) is 5.41 Å². The maximum Gasteiger partial charge on any atom is 0.303 e. The van der Waals surface area contributed by atoms with Gasteiger partial charge in [-0.2, -0.15) is 0 Å². The van der Waals surface area contributed by atoms with Crippen LogP contribution in [-0.2, 0) is 4.79 Å². The average molecular weight is 262 g/mol. The number of hydrogen-bond acceptors (Lipinski definition) is 3. The molecule has 1 aliphatic rings. The summed E-state index contributed by atoms with van der Waals surface area (Å²) in [5.41, 5.74) is 0.977. The summed E-state index contributed by atoms with van der Waals surface area (Å²) in [5, 5.41) is 11.8. The number of aliphatic carboxylic acids is 1. The van der Waals surface area contributed by atoms with Gasteiger partial charge < -0.3 is 10.4 Å². The fourth-order valence-electron chi connectivity index (χ4n) is 2.50. The van der Waals surface area contributed by atoms with Crippen LogP contribution in [0.3, 0.4) is 0 Å². The zero-order valence-electron chi connectivity index (χ0n) is 11.0. The Balaban J connectivity index is 1.97. The van der Waals surface area contributed by atoms with Crippen LogP contribution in [0.1, 0.15) is 41.7 Å². The van der Waals surface area contributed by atoms with Crippen LogP contribution >= 0.6 is 0 Å². The second kappa shape index (κ2) is 5.38. The van der Waals surface area contributed by atoms with Crippen molar-refractivity contribution in [1.82, 2.24) is 10.3 Å². The number of amides is 1. The molecule has 2 N–H and O–H groups in total. The molecule has 102 valence electrons. The number of hydrogen-bond donors (Lipinski definition) is 2. The lowest BCUT2D eigenvalue weighted by atomic mass is 9.66. The van der Waals surface area contributed by atoms with Gasteiger partial charge >= 0.3 is 5.97 Å². The molecule has 2 rings (SSSR count). The summed E-state index contributed by atoms with van der Waals surface area (Å²) in [7, 11) is 0. The first-order chi connectivity index (χ1) is 9.02. The number of nitrogens with zero attached hydrogens (tertiary/aromatic N) is 1. The Kier molecular flexibility index (Phi) is 3.83. The summed E-state index contributed by atoms with van der Waals surface area (Å²) >= 11 is 0. The fraction of sp³-hybridized carbons (Fsp3) is 0.500. The smallest absolute Gasteiger partial charge is 0.303 e. The van der Waals surface area contributed by atoms with Gasteiger partial charge in [-0.05, 0) is 37.3 Å². The molecule has 1 saturated carbocycles. The molecule has 0 aromatic carbocycles. The first kappa shape index (κ1) is 13.5. The number of carbonyl (C=O) groups is 2. The highest BCUT2D eigenvalue weighted by molar-refractivity contribution is 5.95. The molecule has 1 aromatic heterocycles. The predicted octanol–water partition coefficient (Wildman–Crippen LogP) is 1.76. The maximum absolute atomic E-state index is 12.0. The zero-order valence-corrected chi connectivity index (χ0v) is 11.0. The molecule has 0 aliphatic heterocycles. The van der Waals surface area contributed by atoms with Gasteiger partial charge in [-0.1, -0.05) is 6.42 Å². The van der Waals surface area contributed by atoms with Gasteiger partial charge in [0.2, 0.25) is 0 Å². The third kappa shape index (κ3) is 3.10. The highest BCUT2D eigenvalue weighted by Crippen LogP contribution is 2.43. The quantitative estimate of drug-likeness (QED) is 0.847. The average Bonchev–Trinajstić information content (AvgIpc) is 2.32. The van der Waals surface area contributed by atoms with E-state index in [1.54, 1.807) is 25.3 Å². The summed E-state index contributed by atoms with van der Waals surface area (Å²) in [4.78, 5) is 27.0. The number of aryl methyl sites for hydroxylation is 1. The van der Waals surface area contributed by atoms with Crippen LogP contribution < -0.4 is 5.32 Å². The van der Waals surface area contributed by atoms with Crippen molar-refractivity contribution in [3.63, 3.8) is 0 Å². The van der Waals surface area contributed by atoms with Crippen molar-refractivity contribution in [1.29, 1.82) is 0 Å². The molecule has 5 nitrogen and oxygen atoms in total. The van der Waals surface area contributed by atoms with E-state index < -0.39 is 5.97 Å². The van der Waals surface area contributed by atoms with Crippen LogP contribution in [0, 0.1) is 12.3 Å². The molecule has 19 heavy (non-hydrogen) atoms. The van der Waals surface area contributed by atoms with E-state index in [0.29, 0.717) is 17.8 Å². The Morgan fingerprint density at radius 2 is 2.21 bits per heavy atom. The fourth-order valence-corrected chi connectivity index (χ4v) is 2.50. The van der Waals surface area contributed by atoms with E-state index >= 15 is 0 Å². The van der Waals surface area contributed by atoms with Crippen molar-refractivity contribution in [3.8, 4) is 0 Å². The van der Waals surface area contributed by atoms with E-state index in [0.717, 1.165) is 19.3 Å². The minimum absolute atomic E-state index is 0.124. The molecule has 1 aliphatic carbocycles. The predicted molar refractivity (Wildman–Crippen MR) is 69.8 cm³/mol. The maximum atomic E-state index is 12.0. The number of carbonyl (C=O) groups excluding carboxylic acids is 1. The summed E-state index contributed by atoms with van der Waals surface area (Å²) < 4.78 is 0. The summed E-state index contributed by atoms with van der Waals surface area (Å²) in [6.07, 6.45) is 4.54. The van der Waals surface area contributed by atoms with E-state index in [-0.39, 0.29) is 17.7 Å². The molecule has 0 saturated heterocycles. The van der Waals surface area contributed by atoms with Crippen molar-refractivity contribution in [2.75, 3.05) is 6.54 Å². The molecule has 0 bridgehead atoms. The third-order valence-corrected chi connectivity index (χ3v) is 3.82. The van der Waals surface area contributed by atoms with Crippen molar-refractivity contribution in [3.05, 3.63) is 29.6 Å². The largest absolute Gasteiger partial charge is 0.481 e. The molecule has 1 heterocycles. The lowest BCUT2D eigenvalue weighted by Crippen LogP contribution is -2.43. The number of aromatic nitrogens is 1. The minimum Gasteiger partial charge on any atom is -0.481 e. The molecule has 1 amide bonds. The van der Waals surface area contributed by atoms with Gasteiger partial charge in [0, 0.05) is 18.4 Å². The van der Waals surface area contributed by atoms with E-state index in [9.17, 15) is 9.59 Å². The molecule has 0 unspecified atom stereocenters. The van der Waals surface area contributed by atoms with Crippen molar-refractivity contribution >= 4 is 11.9 Å². The van der Waals surface area contributed by atoms with Crippen LogP contribution in [0.15, 0.2) is 18.3 Å². The highest BCUT2D eigenvalue weighted by atomic mass is 16.4. The molecule has 1 fully saturated rings. The van der Waals surface area contributed by atoms with Crippen LogP contribution in [0.4, 0.5) is 0 Å². The summed E-state index contributed by atoms with van der Waals surface area (Å²) in [5.74, 6) is -0.978. The second-order valence-electron chi connectivity index (χ2n) is 5.24. The van der Waals surface area contributed by atoms with Crippen molar-refractivity contribution < 1.29 is 14.7 Å². The molecule has 0 spiro atoms. The SMILES string of the molecule is Cc1ncccc1C(=O)NCC1(CC(=O)O)CCC1. The Morgan fingerprint density at radius 3 is 2.74 bits per heavy atom. The van der Waals surface area contributed by atoms with E-state index in [2.05, 4.69) is 10.3 Å². The second-order valence-corrected chi connectivity index (χ2v) is 5.24. The first-order valence-electron chi connectivity index (χ1n) is 6.44. The van der Waals surface area contributed by atoms with Gasteiger partial charge in [0.15, 0.2) is 0 Å². The van der Waals surface area contributed by atoms with Gasteiger partial charge in [-0.25, -0.2) is 0 Å². The lowest BCUT2D eigenvalue weighted by Gasteiger charge is -2.40. The van der Waals surface area contributed by atoms with E-state index in [4.69, 9.17) is 5.11 Å². The van der Waals surface area contributed by atoms with Gasteiger partial charge in [-0.3, -0.25) is 14.6 Å². The monoisotopic (exact) mass is 262 g/mol. The van der Waals surface area contributed by atoms with Gasteiger partial charge in [-0.15, -0.1) is 0 Å². The molecule has 0 radical (unpaired) electrons. The Morgan fingerprint density at radius 1 is 1.47 bits per heavy atom. The Bertz CT molecular complexity index is 495. The van der Waals surface area contributed by atoms with Crippen LogP contribution in [0.2, 0.25) is 0 Å². The number of pyridine rings is 1. The van der Waals surface area contributed by atoms with Crippen molar-refractivity contribution in [2.45, 2.75) is 32.6 Å². The number of carboxylic acids is 1. The van der Waals surface area contributed by atoms with E-state index in [1.165, 1.54) is 0 Å². The molecular weight excluding hydrogens is 244 g/mol. The van der Waals surface area contributed by atoms with E-state index in [1.807, 2.05) is 0 Å². The lowest BCUT2D eigenvalue weighted by molar-refractivity contribution is -0.141. The van der Waals surface area contributed by atoms with Gasteiger partial charge in [0.25, 0.3) is 5.91 Å². The summed E-state index contributed by atoms with van der Waals surface area (Å²) in [6.45, 7) is 2.21. The first-order valence-corrected chi connectivity index (χ1v) is 6.44. The number of nitrogens with one attached hydrogen (secondary N) is 1. The number of rotatable bonds is 5. The normalized spacial score (nSPS) is 16.5. The van der Waals surface area contributed by atoms with Crippen LogP contribution in [-0.4, -0.2) is 28.5 Å². The topological polar surface area (TPSA) is 79.3 Å². The molecule has 0 atom stereocenters. The van der Waals surface area contributed by atoms with Crippen LogP contribution in [0.25, 0.3) is 0 Å². The van der Waals surface area contributed by atoms with Gasteiger partial charge in [0.1, 0.15) is 0 Å². The Labute approximate surface area is 112 Å². The molecule has 1 aromatic rings. The zero-order chi connectivity index (χ0) is 13.9. The third-order valence-electron chi connectivity index (χ3n) is 3.82. The Hall–Kier alpha value is -1.91. The summed E-state index contributed by atoms with van der Waals surface area (Å²) in [6, 6.07) is 3.45. The minimum atomic E-state index is -0.800. The van der Waals surface area contributed by atoms with Gasteiger partial charge in [0.05, 0.1) is 12.0 Å². The standard InChI is InChI=1S/C14H18N2O3/c1-10-11(4-2-7-15-10)13(19)16-9-14(5-3-6-14)8-12(17)18/h2,4,7H,3,5-6,8-9H2,1H3,(H,16,19)(H,17,18). The number of carboxylic acid groups (broad SMARTS) is 1. The highest BCUT2D eigenvalue weighted by Gasteiger charge is 2.39.